The third-order valence-corrected chi connectivity index (χ3v) is 4.46. The quantitative estimate of drug-likeness (QED) is 0.712. The molecule has 0 unspecified atom stereocenters. The fourth-order valence-corrected chi connectivity index (χ4v) is 3.33. The standard InChI is InChI=1S/C12H23N.C7H13NO4/c1-3-7-11(8-4-1)13-12-9-5-2-6-10-12;1-7(2,3)12-6(11)8-4-5(9)10/h11-13H,1-10H2;4H2,1-3H3,(H,8,11)(H,9,10). The maximum absolute atomic E-state index is 10.8. The maximum Gasteiger partial charge on any atom is 0.408 e. The van der Waals surface area contributed by atoms with Crippen LogP contribution in [-0.4, -0.2) is 41.4 Å². The Hall–Kier alpha value is -1.30. The number of carboxylic acids is 1. The molecule has 1 amide bonds. The average molecular weight is 357 g/mol. The summed E-state index contributed by atoms with van der Waals surface area (Å²) in [6.07, 6.45) is 13.8. The summed E-state index contributed by atoms with van der Waals surface area (Å²) in [4.78, 5) is 20.8. The third kappa shape index (κ3) is 11.8. The van der Waals surface area contributed by atoms with Crippen molar-refractivity contribution in [3.63, 3.8) is 0 Å². The van der Waals surface area contributed by atoms with Crippen molar-refractivity contribution in [2.75, 3.05) is 6.54 Å². The van der Waals surface area contributed by atoms with Gasteiger partial charge in [0, 0.05) is 12.1 Å². The van der Waals surface area contributed by atoms with E-state index in [2.05, 4.69) is 10.6 Å². The molecule has 6 nitrogen and oxygen atoms in total. The highest BCUT2D eigenvalue weighted by molar-refractivity contribution is 5.76. The predicted molar refractivity (Wildman–Crippen MR) is 98.8 cm³/mol. The number of ether oxygens (including phenoxy) is 1. The highest BCUT2D eigenvalue weighted by Gasteiger charge is 2.19. The summed E-state index contributed by atoms with van der Waals surface area (Å²) < 4.78 is 4.77. The van der Waals surface area contributed by atoms with Gasteiger partial charge in [-0.2, -0.15) is 0 Å². The topological polar surface area (TPSA) is 87.7 Å². The molecule has 0 spiro atoms. The van der Waals surface area contributed by atoms with Crippen LogP contribution in [0.15, 0.2) is 0 Å². The van der Waals surface area contributed by atoms with Crippen molar-refractivity contribution in [1.29, 1.82) is 0 Å². The van der Waals surface area contributed by atoms with E-state index in [1.165, 1.54) is 64.2 Å². The van der Waals surface area contributed by atoms with Gasteiger partial charge in [-0.1, -0.05) is 38.5 Å². The van der Waals surface area contributed by atoms with Gasteiger partial charge in [-0.3, -0.25) is 4.79 Å². The summed E-state index contributed by atoms with van der Waals surface area (Å²) in [5.41, 5.74) is -0.595. The molecule has 0 atom stereocenters. The van der Waals surface area contributed by atoms with Gasteiger partial charge in [0.2, 0.25) is 0 Å². The second kappa shape index (κ2) is 11.3. The summed E-state index contributed by atoms with van der Waals surface area (Å²) in [5.74, 6) is -1.10. The zero-order chi connectivity index (χ0) is 18.7. The molecule has 0 heterocycles. The molecule has 146 valence electrons. The fourth-order valence-electron chi connectivity index (χ4n) is 3.33. The van der Waals surface area contributed by atoms with Crippen LogP contribution in [0.3, 0.4) is 0 Å². The molecule has 25 heavy (non-hydrogen) atoms. The Balaban J connectivity index is 0.000000252. The van der Waals surface area contributed by atoms with Gasteiger partial charge in [0.1, 0.15) is 12.1 Å². The van der Waals surface area contributed by atoms with Crippen molar-refractivity contribution in [3.05, 3.63) is 0 Å². The predicted octanol–water partition coefficient (Wildman–Crippen LogP) is 3.84. The van der Waals surface area contributed by atoms with Crippen LogP contribution in [0.1, 0.15) is 85.0 Å². The minimum absolute atomic E-state index is 0.422. The molecular formula is C19H36N2O4. The van der Waals surface area contributed by atoms with Gasteiger partial charge >= 0.3 is 12.1 Å². The average Bonchev–Trinajstić information content (AvgIpc) is 2.54. The van der Waals surface area contributed by atoms with Crippen molar-refractivity contribution in [3.8, 4) is 0 Å². The third-order valence-electron chi connectivity index (χ3n) is 4.46. The highest BCUT2D eigenvalue weighted by Crippen LogP contribution is 2.22. The monoisotopic (exact) mass is 356 g/mol. The summed E-state index contributed by atoms with van der Waals surface area (Å²) in [5, 5.41) is 14.1. The number of rotatable bonds is 4. The molecule has 2 aliphatic carbocycles. The SMILES string of the molecule is C1CCC(NC2CCCCC2)CC1.CC(C)(C)OC(=O)NCC(=O)O. The number of hydrogen-bond acceptors (Lipinski definition) is 4. The van der Waals surface area contributed by atoms with Crippen molar-refractivity contribution < 1.29 is 19.4 Å². The number of hydrogen-bond donors (Lipinski definition) is 3. The Morgan fingerprint density at radius 1 is 0.920 bits per heavy atom. The highest BCUT2D eigenvalue weighted by atomic mass is 16.6. The van der Waals surface area contributed by atoms with E-state index in [1.807, 2.05) is 0 Å². The molecule has 0 radical (unpaired) electrons. The zero-order valence-electron chi connectivity index (χ0n) is 16.1. The first-order valence-corrected chi connectivity index (χ1v) is 9.71. The Bertz CT molecular complexity index is 379. The molecule has 2 aliphatic rings. The Labute approximate surface area is 152 Å². The number of aliphatic carboxylic acids is 1. The van der Waals surface area contributed by atoms with Gasteiger partial charge in [0.05, 0.1) is 0 Å². The maximum atomic E-state index is 10.8. The zero-order valence-corrected chi connectivity index (χ0v) is 16.1. The molecular weight excluding hydrogens is 320 g/mol. The van der Waals surface area contributed by atoms with E-state index < -0.39 is 24.2 Å². The fraction of sp³-hybridized carbons (Fsp3) is 0.895. The second-order valence-electron chi connectivity index (χ2n) is 8.09. The first kappa shape index (κ1) is 21.7. The molecule has 0 aromatic rings. The van der Waals surface area contributed by atoms with Crippen LogP contribution < -0.4 is 10.6 Å². The van der Waals surface area contributed by atoms with Gasteiger partial charge < -0.3 is 20.5 Å². The summed E-state index contributed by atoms with van der Waals surface area (Å²) in [6, 6.07) is 1.74. The van der Waals surface area contributed by atoms with Crippen LogP contribution in [-0.2, 0) is 9.53 Å². The van der Waals surface area contributed by atoms with E-state index in [-0.39, 0.29) is 0 Å². The molecule has 6 heteroatoms. The number of carboxylic acid groups (broad SMARTS) is 1. The smallest absolute Gasteiger partial charge is 0.408 e. The van der Waals surface area contributed by atoms with Crippen LogP contribution in [0, 0.1) is 0 Å². The number of carbonyl (C=O) groups excluding carboxylic acids is 1. The van der Waals surface area contributed by atoms with E-state index >= 15 is 0 Å². The van der Waals surface area contributed by atoms with Crippen LogP contribution in [0.4, 0.5) is 4.79 Å². The lowest BCUT2D eigenvalue weighted by molar-refractivity contribution is -0.136. The molecule has 3 N–H and O–H groups in total. The first-order chi connectivity index (χ1) is 11.8. The van der Waals surface area contributed by atoms with Crippen molar-refractivity contribution >= 4 is 12.1 Å². The summed E-state index contributed by atoms with van der Waals surface area (Å²) in [7, 11) is 0. The van der Waals surface area contributed by atoms with Gasteiger partial charge in [-0.15, -0.1) is 0 Å². The summed E-state index contributed by atoms with van der Waals surface area (Å²) in [6.45, 7) is 4.68. The van der Waals surface area contributed by atoms with Gasteiger partial charge in [-0.25, -0.2) is 4.79 Å². The lowest BCUT2D eigenvalue weighted by Crippen LogP contribution is -2.40. The summed E-state index contributed by atoms with van der Waals surface area (Å²) >= 11 is 0. The minimum atomic E-state index is -1.10. The molecule has 0 aromatic carbocycles. The number of carbonyl (C=O) groups is 2. The molecule has 2 saturated carbocycles. The van der Waals surface area contributed by atoms with Gasteiger partial charge in [-0.05, 0) is 46.5 Å². The number of amides is 1. The van der Waals surface area contributed by atoms with Crippen molar-refractivity contribution in [1.82, 2.24) is 10.6 Å². The van der Waals surface area contributed by atoms with Crippen molar-refractivity contribution in [2.24, 2.45) is 0 Å². The van der Waals surface area contributed by atoms with E-state index in [0.717, 1.165) is 12.1 Å². The van der Waals surface area contributed by atoms with E-state index in [9.17, 15) is 9.59 Å². The molecule has 0 bridgehead atoms. The molecule has 0 saturated heterocycles. The van der Waals surface area contributed by atoms with E-state index in [4.69, 9.17) is 9.84 Å². The van der Waals surface area contributed by atoms with Crippen LogP contribution in [0.2, 0.25) is 0 Å². The first-order valence-electron chi connectivity index (χ1n) is 9.71. The minimum Gasteiger partial charge on any atom is -0.480 e. The molecule has 2 rings (SSSR count). The van der Waals surface area contributed by atoms with E-state index in [0.29, 0.717) is 0 Å². The van der Waals surface area contributed by atoms with Crippen molar-refractivity contribution in [2.45, 2.75) is 103 Å². The van der Waals surface area contributed by atoms with E-state index in [1.54, 1.807) is 20.8 Å². The van der Waals surface area contributed by atoms with Crippen LogP contribution in [0.25, 0.3) is 0 Å². The largest absolute Gasteiger partial charge is 0.480 e. The van der Waals surface area contributed by atoms with Gasteiger partial charge in [0.15, 0.2) is 0 Å². The Kier molecular flexibility index (Phi) is 9.86. The number of alkyl carbamates (subject to hydrolysis) is 1. The lowest BCUT2D eigenvalue weighted by atomic mass is 9.91. The molecule has 2 fully saturated rings. The normalized spacial score (nSPS) is 19.5. The van der Waals surface area contributed by atoms with Crippen LogP contribution >= 0.6 is 0 Å². The number of nitrogens with one attached hydrogen (secondary N) is 2. The Morgan fingerprint density at radius 2 is 1.36 bits per heavy atom. The molecule has 0 aliphatic heterocycles. The van der Waals surface area contributed by atoms with Crippen LogP contribution in [0.5, 0.6) is 0 Å². The van der Waals surface area contributed by atoms with Gasteiger partial charge in [0.25, 0.3) is 0 Å². The molecule has 0 aromatic heterocycles. The lowest BCUT2D eigenvalue weighted by Gasteiger charge is -2.30. The second-order valence-corrected chi connectivity index (χ2v) is 8.09. The Morgan fingerprint density at radius 3 is 1.72 bits per heavy atom.